The van der Waals surface area contributed by atoms with Crippen LogP contribution >= 0.6 is 0 Å². The molecular weight excluding hydrogens is 554 g/mol. The normalized spacial score (nSPS) is 18.0. The highest BCUT2D eigenvalue weighted by atomic mass is 16.5. The maximum atomic E-state index is 9.27. The van der Waals surface area contributed by atoms with Gasteiger partial charge in [-0.15, -0.1) is 5.10 Å². The van der Waals surface area contributed by atoms with E-state index in [9.17, 15) is 5.26 Å². The van der Waals surface area contributed by atoms with E-state index in [2.05, 4.69) is 67.4 Å². The van der Waals surface area contributed by atoms with Gasteiger partial charge in [0.1, 0.15) is 0 Å². The number of likely N-dealkylation sites (N-methyl/N-ethyl adjacent to an activating group) is 1. The minimum absolute atomic E-state index is 0.155. The standard InChI is InChI=1S/C32H33N11O/c1-40-9-11-41(12-10-40)20-23-5-7-25(8-6-23)27-17-35-32(36-18-27)42-13-14-44-28(21-42)22-43-31-30(38-39-43)34-19-29(37-31)26-4-2-3-24(15-26)16-33/h2-8,15,17-19,28H,9-14,20-22H2,1H3/t28-/m0/s1. The van der Waals surface area contributed by atoms with E-state index in [-0.39, 0.29) is 6.10 Å². The van der Waals surface area contributed by atoms with Crippen LogP contribution in [0.15, 0.2) is 67.1 Å². The number of nitrogens with zero attached hydrogens (tertiary/aromatic N) is 11. The Kier molecular flexibility index (Phi) is 7.89. The van der Waals surface area contributed by atoms with E-state index in [4.69, 9.17) is 19.7 Å². The van der Waals surface area contributed by atoms with Gasteiger partial charge in [-0.3, -0.25) is 4.90 Å². The second-order valence-electron chi connectivity index (χ2n) is 11.4. The first-order valence-corrected chi connectivity index (χ1v) is 14.9. The highest BCUT2D eigenvalue weighted by Gasteiger charge is 2.24. The molecule has 0 bridgehead atoms. The van der Waals surface area contributed by atoms with Crippen molar-refractivity contribution in [1.29, 1.82) is 5.26 Å². The second kappa shape index (κ2) is 12.4. The van der Waals surface area contributed by atoms with Crippen molar-refractivity contribution in [2.24, 2.45) is 0 Å². The van der Waals surface area contributed by atoms with E-state index in [1.165, 1.54) is 5.56 Å². The highest BCUT2D eigenvalue weighted by molar-refractivity contribution is 5.70. The number of fused-ring (bicyclic) bond motifs is 1. The first-order valence-electron chi connectivity index (χ1n) is 14.9. The van der Waals surface area contributed by atoms with Crippen LogP contribution in [0.25, 0.3) is 33.7 Å². The predicted octanol–water partition coefficient (Wildman–Crippen LogP) is 2.87. The topological polar surface area (TPSA) is 125 Å². The molecule has 2 aliphatic heterocycles. The molecule has 0 unspecified atom stereocenters. The van der Waals surface area contributed by atoms with Crippen molar-refractivity contribution in [3.63, 3.8) is 0 Å². The van der Waals surface area contributed by atoms with Gasteiger partial charge in [0.25, 0.3) is 0 Å². The molecule has 12 heteroatoms. The first-order chi connectivity index (χ1) is 21.6. The molecule has 5 aromatic rings. The lowest BCUT2D eigenvalue weighted by Gasteiger charge is -2.32. The zero-order valence-corrected chi connectivity index (χ0v) is 24.6. The number of morpholine rings is 1. The number of benzene rings is 2. The predicted molar refractivity (Wildman–Crippen MR) is 165 cm³/mol. The Morgan fingerprint density at radius 1 is 0.909 bits per heavy atom. The Bertz CT molecular complexity index is 1770. The molecule has 12 nitrogen and oxygen atoms in total. The summed E-state index contributed by atoms with van der Waals surface area (Å²) in [5, 5.41) is 17.8. The molecule has 1 atom stereocenters. The molecule has 222 valence electrons. The summed E-state index contributed by atoms with van der Waals surface area (Å²) in [5.74, 6) is 0.677. The number of aromatic nitrogens is 7. The fraction of sp³-hybridized carbons (Fsp3) is 0.344. The van der Waals surface area contributed by atoms with Crippen LogP contribution in [-0.4, -0.2) is 104 Å². The molecule has 44 heavy (non-hydrogen) atoms. The van der Waals surface area contributed by atoms with Gasteiger partial charge in [0.15, 0.2) is 5.65 Å². The molecule has 0 spiro atoms. The maximum absolute atomic E-state index is 9.27. The lowest BCUT2D eigenvalue weighted by atomic mass is 10.1. The van der Waals surface area contributed by atoms with Crippen LogP contribution in [0.1, 0.15) is 11.1 Å². The summed E-state index contributed by atoms with van der Waals surface area (Å²) in [4.78, 5) is 25.7. The molecule has 7 rings (SSSR count). The Hall–Kier alpha value is -4.83. The van der Waals surface area contributed by atoms with Crippen molar-refractivity contribution >= 4 is 17.2 Å². The minimum atomic E-state index is -0.155. The fourth-order valence-electron chi connectivity index (χ4n) is 5.67. The summed E-state index contributed by atoms with van der Waals surface area (Å²) < 4.78 is 7.81. The molecule has 2 aromatic carbocycles. The van der Waals surface area contributed by atoms with E-state index in [0.29, 0.717) is 54.7 Å². The molecule has 2 saturated heterocycles. The third kappa shape index (κ3) is 6.12. The third-order valence-corrected chi connectivity index (χ3v) is 8.24. The highest BCUT2D eigenvalue weighted by Crippen LogP contribution is 2.23. The number of nitriles is 1. The number of ether oxygens (including phenoxy) is 1. The maximum Gasteiger partial charge on any atom is 0.225 e. The summed E-state index contributed by atoms with van der Waals surface area (Å²) in [6, 6.07) is 18.2. The average molecular weight is 588 g/mol. The van der Waals surface area contributed by atoms with Gasteiger partial charge in [0, 0.05) is 69.3 Å². The molecule has 0 N–H and O–H groups in total. The Labute approximate surface area is 255 Å². The summed E-state index contributed by atoms with van der Waals surface area (Å²) >= 11 is 0. The molecule has 0 radical (unpaired) electrons. The van der Waals surface area contributed by atoms with Crippen LogP contribution in [0, 0.1) is 11.3 Å². The largest absolute Gasteiger partial charge is 0.373 e. The van der Waals surface area contributed by atoms with Crippen LogP contribution in [0.4, 0.5) is 5.95 Å². The van der Waals surface area contributed by atoms with Gasteiger partial charge in [-0.25, -0.2) is 24.6 Å². The summed E-state index contributed by atoms with van der Waals surface area (Å²) in [6.45, 7) is 7.78. The molecule has 2 fully saturated rings. The number of hydrogen-bond donors (Lipinski definition) is 0. The Balaban J connectivity index is 1.00. The average Bonchev–Trinajstić information content (AvgIpc) is 3.48. The van der Waals surface area contributed by atoms with E-state index in [1.807, 2.05) is 24.5 Å². The molecule has 2 aliphatic rings. The Morgan fingerprint density at radius 3 is 2.52 bits per heavy atom. The van der Waals surface area contributed by atoms with E-state index in [1.54, 1.807) is 23.0 Å². The molecule has 0 saturated carbocycles. The van der Waals surface area contributed by atoms with Crippen LogP contribution in [0.5, 0.6) is 0 Å². The smallest absolute Gasteiger partial charge is 0.225 e. The monoisotopic (exact) mass is 587 g/mol. The molecule has 0 aliphatic carbocycles. The third-order valence-electron chi connectivity index (χ3n) is 8.24. The van der Waals surface area contributed by atoms with Gasteiger partial charge < -0.3 is 14.5 Å². The minimum Gasteiger partial charge on any atom is -0.373 e. The van der Waals surface area contributed by atoms with E-state index in [0.717, 1.165) is 49.4 Å². The number of rotatable bonds is 7. The van der Waals surface area contributed by atoms with Gasteiger partial charge in [0.05, 0.1) is 42.8 Å². The van der Waals surface area contributed by atoms with E-state index < -0.39 is 0 Å². The number of piperazine rings is 1. The van der Waals surface area contributed by atoms with Crippen LogP contribution in [-0.2, 0) is 17.8 Å². The molecular formula is C32H33N11O. The van der Waals surface area contributed by atoms with Crippen LogP contribution < -0.4 is 4.90 Å². The lowest BCUT2D eigenvalue weighted by Crippen LogP contribution is -2.45. The van der Waals surface area contributed by atoms with Crippen molar-refractivity contribution in [3.8, 4) is 28.5 Å². The van der Waals surface area contributed by atoms with Crippen molar-refractivity contribution < 1.29 is 4.74 Å². The van der Waals surface area contributed by atoms with Crippen molar-refractivity contribution in [1.82, 2.24) is 44.7 Å². The van der Waals surface area contributed by atoms with Gasteiger partial charge in [-0.1, -0.05) is 41.6 Å². The molecule has 5 heterocycles. The van der Waals surface area contributed by atoms with Crippen molar-refractivity contribution in [3.05, 3.63) is 78.2 Å². The van der Waals surface area contributed by atoms with Crippen LogP contribution in [0.2, 0.25) is 0 Å². The first kappa shape index (κ1) is 28.0. The second-order valence-corrected chi connectivity index (χ2v) is 11.4. The van der Waals surface area contributed by atoms with Crippen molar-refractivity contribution in [2.45, 2.75) is 19.2 Å². The molecule has 3 aromatic heterocycles. The van der Waals surface area contributed by atoms with Gasteiger partial charge in [-0.05, 0) is 30.3 Å². The summed E-state index contributed by atoms with van der Waals surface area (Å²) in [7, 11) is 2.18. The molecule has 0 amide bonds. The quantitative estimate of drug-likeness (QED) is 0.279. The van der Waals surface area contributed by atoms with Crippen molar-refractivity contribution in [2.75, 3.05) is 57.8 Å². The van der Waals surface area contributed by atoms with Gasteiger partial charge in [0.2, 0.25) is 11.6 Å². The van der Waals surface area contributed by atoms with E-state index >= 15 is 0 Å². The number of anilines is 1. The van der Waals surface area contributed by atoms with Gasteiger partial charge >= 0.3 is 0 Å². The summed E-state index contributed by atoms with van der Waals surface area (Å²) in [5.41, 5.74) is 6.49. The Morgan fingerprint density at radius 2 is 1.73 bits per heavy atom. The van der Waals surface area contributed by atoms with Crippen LogP contribution in [0.3, 0.4) is 0 Å². The zero-order valence-electron chi connectivity index (χ0n) is 24.6. The SMILES string of the molecule is CN1CCN(Cc2ccc(-c3cnc(N4CCO[C@H](Cn5nnc6ncc(-c7cccc(C#N)c7)nc65)C4)nc3)cc2)CC1. The fourth-order valence-corrected chi connectivity index (χ4v) is 5.67. The summed E-state index contributed by atoms with van der Waals surface area (Å²) in [6.07, 6.45) is 5.29. The number of hydrogen-bond acceptors (Lipinski definition) is 11. The lowest BCUT2D eigenvalue weighted by molar-refractivity contribution is 0.0273. The zero-order chi connectivity index (χ0) is 29.9. The van der Waals surface area contributed by atoms with Gasteiger partial charge in [-0.2, -0.15) is 5.26 Å².